The zero-order chi connectivity index (χ0) is 29.5. The van der Waals surface area contributed by atoms with Crippen molar-refractivity contribution in [2.24, 2.45) is 0 Å². The van der Waals surface area contributed by atoms with Gasteiger partial charge in [0.25, 0.3) is 0 Å². The van der Waals surface area contributed by atoms with E-state index in [0.29, 0.717) is 19.6 Å². The number of benzene rings is 4. The van der Waals surface area contributed by atoms with Crippen LogP contribution >= 0.6 is 0 Å². The summed E-state index contributed by atoms with van der Waals surface area (Å²) < 4.78 is 14.4. The number of nitrogens with zero attached hydrogens (tertiary/aromatic N) is 2. The number of hydrogen-bond acceptors (Lipinski definition) is 4. The topological polar surface area (TPSA) is 73.6 Å². The van der Waals surface area contributed by atoms with Gasteiger partial charge in [-0.15, -0.1) is 0 Å². The Morgan fingerprint density at radius 1 is 0.860 bits per heavy atom. The van der Waals surface area contributed by atoms with E-state index >= 15 is 0 Å². The molecule has 0 saturated carbocycles. The SMILES string of the molecule is Cc1cc(OCc2ccc(Cn3nc(-c4ccccc4)cc3-c3ccccc3)c(OC(C)C)c2)ccc1CCC(=O)O.[CaH2]. The van der Waals surface area contributed by atoms with Crippen LogP contribution in [0.25, 0.3) is 22.5 Å². The summed E-state index contributed by atoms with van der Waals surface area (Å²) in [6.07, 6.45) is 0.630. The van der Waals surface area contributed by atoms with Gasteiger partial charge in [-0.2, -0.15) is 5.10 Å². The Balaban J connectivity index is 0.00000423. The Morgan fingerprint density at radius 2 is 1.53 bits per heavy atom. The number of carboxylic acid groups (broad SMARTS) is 1. The number of ether oxygens (including phenoxy) is 2. The van der Waals surface area contributed by atoms with Gasteiger partial charge in [0.1, 0.15) is 18.1 Å². The number of aryl methyl sites for hydroxylation is 2. The van der Waals surface area contributed by atoms with Crippen LogP contribution in [0.2, 0.25) is 0 Å². The fourth-order valence-corrected chi connectivity index (χ4v) is 4.92. The molecule has 1 heterocycles. The minimum absolute atomic E-state index is 0. The van der Waals surface area contributed by atoms with Gasteiger partial charge >= 0.3 is 43.7 Å². The number of carboxylic acids is 1. The van der Waals surface area contributed by atoms with E-state index in [4.69, 9.17) is 19.7 Å². The maximum absolute atomic E-state index is 10.9. The zero-order valence-corrected chi connectivity index (χ0v) is 24.3. The van der Waals surface area contributed by atoms with Gasteiger partial charge in [0, 0.05) is 17.5 Å². The summed E-state index contributed by atoms with van der Waals surface area (Å²) in [5.41, 5.74) is 8.22. The van der Waals surface area contributed by atoms with Crippen molar-refractivity contribution < 1.29 is 19.4 Å². The van der Waals surface area contributed by atoms with Crippen LogP contribution in [0.4, 0.5) is 0 Å². The van der Waals surface area contributed by atoms with E-state index in [1.807, 2.05) is 86.1 Å². The fraction of sp³-hybridized carbons (Fsp3) is 0.222. The minimum atomic E-state index is -0.793. The molecule has 0 aliphatic carbocycles. The predicted molar refractivity (Wildman–Crippen MR) is 174 cm³/mol. The number of carbonyl (C=O) groups is 1. The first kappa shape index (κ1) is 32.3. The number of aliphatic carboxylic acids is 1. The molecule has 0 aliphatic heterocycles. The second kappa shape index (κ2) is 15.2. The van der Waals surface area contributed by atoms with Gasteiger partial charge in [-0.25, -0.2) is 0 Å². The summed E-state index contributed by atoms with van der Waals surface area (Å²) in [4.78, 5) is 10.9. The molecule has 0 saturated heterocycles. The van der Waals surface area contributed by atoms with Crippen LogP contribution in [0, 0.1) is 6.92 Å². The van der Waals surface area contributed by atoms with Crippen molar-refractivity contribution in [2.75, 3.05) is 0 Å². The molecule has 1 N–H and O–H groups in total. The van der Waals surface area contributed by atoms with E-state index in [0.717, 1.165) is 56.3 Å². The Bertz CT molecular complexity index is 1650. The van der Waals surface area contributed by atoms with Crippen LogP contribution in [0.15, 0.2) is 103 Å². The van der Waals surface area contributed by atoms with Crippen molar-refractivity contribution in [3.8, 4) is 34.0 Å². The molecular weight excluding hydrogens is 564 g/mol. The molecule has 0 radical (unpaired) electrons. The number of hydrogen-bond donors (Lipinski definition) is 1. The third-order valence-electron chi connectivity index (χ3n) is 7.06. The third-order valence-corrected chi connectivity index (χ3v) is 7.06. The molecular formula is C36H38CaN2O4. The quantitative estimate of drug-likeness (QED) is 0.155. The summed E-state index contributed by atoms with van der Waals surface area (Å²) >= 11 is 0. The average Bonchev–Trinajstić information content (AvgIpc) is 3.41. The van der Waals surface area contributed by atoms with Crippen LogP contribution in [-0.4, -0.2) is 64.7 Å². The molecule has 0 fully saturated rings. The van der Waals surface area contributed by atoms with Crippen molar-refractivity contribution in [2.45, 2.75) is 52.9 Å². The van der Waals surface area contributed by atoms with E-state index in [-0.39, 0.29) is 50.3 Å². The molecule has 218 valence electrons. The van der Waals surface area contributed by atoms with Crippen LogP contribution < -0.4 is 9.47 Å². The molecule has 6 nitrogen and oxygen atoms in total. The summed E-state index contributed by atoms with van der Waals surface area (Å²) in [5, 5.41) is 14.0. The normalized spacial score (nSPS) is 10.8. The second-order valence-corrected chi connectivity index (χ2v) is 10.7. The van der Waals surface area contributed by atoms with E-state index < -0.39 is 5.97 Å². The standard InChI is InChI=1S/C36H36N2O4.Ca.2H/c1-25(2)42-35-21-27(24-41-32-18-16-28(26(3)20-32)17-19-36(39)40)14-15-31(35)23-38-34(30-12-8-5-9-13-30)22-33(37-38)29-10-6-4-7-11-29;;;/h4-16,18,20-22,25H,17,19,23-24H2,1-3H3,(H,39,40);;;. The molecule has 0 atom stereocenters. The van der Waals surface area contributed by atoms with Crippen molar-refractivity contribution >= 4 is 43.7 Å². The fourth-order valence-electron chi connectivity index (χ4n) is 4.92. The number of aromatic nitrogens is 2. The van der Waals surface area contributed by atoms with Crippen molar-refractivity contribution in [1.82, 2.24) is 9.78 Å². The van der Waals surface area contributed by atoms with Gasteiger partial charge in [-0.05, 0) is 73.7 Å². The van der Waals surface area contributed by atoms with Crippen molar-refractivity contribution in [1.29, 1.82) is 0 Å². The summed E-state index contributed by atoms with van der Waals surface area (Å²) in [7, 11) is 0. The molecule has 7 heteroatoms. The van der Waals surface area contributed by atoms with Crippen molar-refractivity contribution in [3.63, 3.8) is 0 Å². The number of rotatable bonds is 12. The Kier molecular flexibility index (Phi) is 11.5. The first-order valence-corrected chi connectivity index (χ1v) is 14.3. The molecule has 0 bridgehead atoms. The van der Waals surface area contributed by atoms with Gasteiger partial charge < -0.3 is 14.6 Å². The van der Waals surface area contributed by atoms with E-state index in [1.165, 1.54) is 0 Å². The Labute approximate surface area is 283 Å². The monoisotopic (exact) mass is 602 g/mol. The van der Waals surface area contributed by atoms with Crippen LogP contribution in [0.5, 0.6) is 11.5 Å². The van der Waals surface area contributed by atoms with E-state index in [1.54, 1.807) is 0 Å². The average molecular weight is 603 g/mol. The van der Waals surface area contributed by atoms with Crippen LogP contribution in [-0.2, 0) is 24.4 Å². The predicted octanol–water partition coefficient (Wildman–Crippen LogP) is 7.04. The summed E-state index contributed by atoms with van der Waals surface area (Å²) in [5.74, 6) is 0.764. The van der Waals surface area contributed by atoms with Crippen molar-refractivity contribution in [3.05, 3.63) is 125 Å². The molecule has 0 aliphatic rings. The van der Waals surface area contributed by atoms with Gasteiger partial charge in [-0.3, -0.25) is 9.48 Å². The molecule has 0 spiro atoms. The third kappa shape index (κ3) is 8.73. The zero-order valence-electron chi connectivity index (χ0n) is 24.3. The van der Waals surface area contributed by atoms with E-state index in [9.17, 15) is 4.79 Å². The van der Waals surface area contributed by atoms with Gasteiger partial charge in [0.2, 0.25) is 0 Å². The molecule has 0 unspecified atom stereocenters. The van der Waals surface area contributed by atoms with Gasteiger partial charge in [-0.1, -0.05) is 78.9 Å². The van der Waals surface area contributed by atoms with E-state index in [2.05, 4.69) is 42.5 Å². The van der Waals surface area contributed by atoms with Gasteiger partial charge in [0.05, 0.1) is 24.0 Å². The Hall–Kier alpha value is -3.58. The molecule has 4 aromatic carbocycles. The molecule has 1 aromatic heterocycles. The van der Waals surface area contributed by atoms with Gasteiger partial charge in [0.15, 0.2) is 0 Å². The molecule has 0 amide bonds. The Morgan fingerprint density at radius 3 is 2.19 bits per heavy atom. The first-order chi connectivity index (χ1) is 20.4. The molecule has 43 heavy (non-hydrogen) atoms. The van der Waals surface area contributed by atoms with Crippen LogP contribution in [0.1, 0.15) is 42.5 Å². The summed E-state index contributed by atoms with van der Waals surface area (Å²) in [6, 6.07) is 34.7. The maximum atomic E-state index is 10.9. The molecule has 5 rings (SSSR count). The summed E-state index contributed by atoms with van der Waals surface area (Å²) in [6.45, 7) is 6.97. The molecule has 5 aromatic rings. The van der Waals surface area contributed by atoms with Crippen LogP contribution in [0.3, 0.4) is 0 Å². The first-order valence-electron chi connectivity index (χ1n) is 14.3. The second-order valence-electron chi connectivity index (χ2n) is 10.7.